The molecule has 19 heavy (non-hydrogen) atoms. The first kappa shape index (κ1) is 14.2. The van der Waals surface area contributed by atoms with Crippen LogP contribution in [-0.4, -0.2) is 28.8 Å². The maximum absolute atomic E-state index is 11.9. The molecule has 0 atom stereocenters. The van der Waals surface area contributed by atoms with Gasteiger partial charge in [-0.25, -0.2) is 0 Å². The van der Waals surface area contributed by atoms with Crippen molar-refractivity contribution < 1.29 is 15.0 Å². The molecule has 104 valence electrons. The van der Waals surface area contributed by atoms with E-state index in [0.29, 0.717) is 17.5 Å². The van der Waals surface area contributed by atoms with E-state index >= 15 is 0 Å². The molecule has 1 aliphatic carbocycles. The molecule has 0 unspecified atom stereocenters. The van der Waals surface area contributed by atoms with Gasteiger partial charge in [0.25, 0.3) is 5.91 Å². The van der Waals surface area contributed by atoms with Crippen molar-refractivity contribution in [3.05, 3.63) is 28.8 Å². The fourth-order valence-electron chi connectivity index (χ4n) is 2.38. The Bertz CT molecular complexity index is 456. The van der Waals surface area contributed by atoms with E-state index in [9.17, 15) is 15.0 Å². The van der Waals surface area contributed by atoms with Crippen molar-refractivity contribution in [1.29, 1.82) is 0 Å². The maximum Gasteiger partial charge on any atom is 0.255 e. The number of phenols is 1. The zero-order valence-corrected chi connectivity index (χ0v) is 11.4. The second-order valence-electron chi connectivity index (χ2n) is 5.05. The minimum absolute atomic E-state index is 0.107. The number of amides is 1. The summed E-state index contributed by atoms with van der Waals surface area (Å²) < 4.78 is 0. The largest absolute Gasteiger partial charge is 0.507 e. The number of phenolic OH excluding ortho intramolecular Hbond substituents is 1. The van der Waals surface area contributed by atoms with Gasteiger partial charge in [-0.05, 0) is 49.8 Å². The van der Waals surface area contributed by atoms with E-state index in [1.54, 1.807) is 6.07 Å². The fraction of sp³-hybridized carbons (Fsp3) is 0.500. The molecule has 1 aliphatic rings. The summed E-state index contributed by atoms with van der Waals surface area (Å²) in [5.41, 5.74) is 0.236. The smallest absolute Gasteiger partial charge is 0.255 e. The molecule has 1 aromatic rings. The molecule has 0 radical (unpaired) electrons. The van der Waals surface area contributed by atoms with E-state index in [0.717, 1.165) is 25.7 Å². The van der Waals surface area contributed by atoms with Crippen molar-refractivity contribution >= 4 is 17.5 Å². The molecule has 0 aromatic heterocycles. The third kappa shape index (κ3) is 3.85. The number of carbonyl (C=O) groups is 1. The van der Waals surface area contributed by atoms with Crippen molar-refractivity contribution in [2.45, 2.75) is 31.8 Å². The van der Waals surface area contributed by atoms with Crippen LogP contribution in [0.2, 0.25) is 5.02 Å². The Kier molecular flexibility index (Phi) is 4.66. The Labute approximate surface area is 117 Å². The van der Waals surface area contributed by atoms with E-state index in [-0.39, 0.29) is 23.3 Å². The minimum Gasteiger partial charge on any atom is -0.507 e. The number of nitrogens with one attached hydrogen (secondary N) is 1. The zero-order chi connectivity index (χ0) is 13.8. The fourth-order valence-corrected chi connectivity index (χ4v) is 2.54. The highest BCUT2D eigenvalue weighted by Gasteiger charge is 2.20. The SMILES string of the molecule is O=C(NCC1CCC(O)CC1)c1ccc(Cl)cc1O. The van der Waals surface area contributed by atoms with Crippen molar-refractivity contribution in [2.75, 3.05) is 6.54 Å². The summed E-state index contributed by atoms with van der Waals surface area (Å²) in [4.78, 5) is 11.9. The molecule has 1 aromatic carbocycles. The predicted molar refractivity (Wildman–Crippen MR) is 73.4 cm³/mol. The van der Waals surface area contributed by atoms with Gasteiger partial charge in [-0.3, -0.25) is 4.79 Å². The average Bonchev–Trinajstić information content (AvgIpc) is 2.37. The minimum atomic E-state index is -0.291. The molecule has 0 bridgehead atoms. The van der Waals surface area contributed by atoms with Gasteiger partial charge in [-0.1, -0.05) is 11.6 Å². The Balaban J connectivity index is 1.87. The summed E-state index contributed by atoms with van der Waals surface area (Å²) in [5.74, 6) is 0.00569. The lowest BCUT2D eigenvalue weighted by Gasteiger charge is -2.25. The molecule has 2 rings (SSSR count). The van der Waals surface area contributed by atoms with Crippen LogP contribution in [-0.2, 0) is 0 Å². The van der Waals surface area contributed by atoms with Gasteiger partial charge in [0.1, 0.15) is 5.75 Å². The van der Waals surface area contributed by atoms with Crippen LogP contribution in [0, 0.1) is 5.92 Å². The third-order valence-electron chi connectivity index (χ3n) is 3.57. The Morgan fingerprint density at radius 2 is 2.00 bits per heavy atom. The molecule has 0 saturated heterocycles. The molecule has 4 nitrogen and oxygen atoms in total. The van der Waals surface area contributed by atoms with Crippen LogP contribution >= 0.6 is 11.6 Å². The molecule has 3 N–H and O–H groups in total. The van der Waals surface area contributed by atoms with E-state index in [4.69, 9.17) is 11.6 Å². The number of hydrogen-bond donors (Lipinski definition) is 3. The van der Waals surface area contributed by atoms with Gasteiger partial charge >= 0.3 is 0 Å². The molecule has 1 amide bonds. The molecule has 0 aliphatic heterocycles. The van der Waals surface area contributed by atoms with E-state index in [1.165, 1.54) is 12.1 Å². The number of aliphatic hydroxyl groups excluding tert-OH is 1. The van der Waals surface area contributed by atoms with Gasteiger partial charge in [0.15, 0.2) is 0 Å². The molecule has 1 fully saturated rings. The van der Waals surface area contributed by atoms with Gasteiger partial charge < -0.3 is 15.5 Å². The van der Waals surface area contributed by atoms with Crippen LogP contribution in [0.1, 0.15) is 36.0 Å². The van der Waals surface area contributed by atoms with Crippen LogP contribution in [0.4, 0.5) is 0 Å². The van der Waals surface area contributed by atoms with E-state index < -0.39 is 0 Å². The predicted octanol–water partition coefficient (Wildman–Crippen LogP) is 2.33. The second-order valence-corrected chi connectivity index (χ2v) is 5.48. The zero-order valence-electron chi connectivity index (χ0n) is 10.6. The second kappa shape index (κ2) is 6.26. The highest BCUT2D eigenvalue weighted by Crippen LogP contribution is 2.24. The monoisotopic (exact) mass is 283 g/mol. The van der Waals surface area contributed by atoms with Gasteiger partial charge in [0.05, 0.1) is 11.7 Å². The summed E-state index contributed by atoms with van der Waals surface area (Å²) in [6.45, 7) is 0.577. The van der Waals surface area contributed by atoms with Crippen molar-refractivity contribution in [2.24, 2.45) is 5.92 Å². The lowest BCUT2D eigenvalue weighted by atomic mass is 9.87. The third-order valence-corrected chi connectivity index (χ3v) is 3.81. The Morgan fingerprint density at radius 1 is 1.32 bits per heavy atom. The van der Waals surface area contributed by atoms with Gasteiger partial charge in [-0.15, -0.1) is 0 Å². The summed E-state index contributed by atoms with van der Waals surface area (Å²) in [6.07, 6.45) is 3.26. The quantitative estimate of drug-likeness (QED) is 0.797. The van der Waals surface area contributed by atoms with Crippen molar-refractivity contribution in [3.63, 3.8) is 0 Å². The van der Waals surface area contributed by atoms with E-state index in [2.05, 4.69) is 5.32 Å². The normalized spacial score (nSPS) is 23.1. The maximum atomic E-state index is 11.9. The first-order valence-corrected chi connectivity index (χ1v) is 6.89. The van der Waals surface area contributed by atoms with Gasteiger partial charge in [-0.2, -0.15) is 0 Å². The number of aromatic hydroxyl groups is 1. The van der Waals surface area contributed by atoms with E-state index in [1.807, 2.05) is 0 Å². The number of halogens is 1. The average molecular weight is 284 g/mol. The summed E-state index contributed by atoms with van der Waals surface area (Å²) in [7, 11) is 0. The van der Waals surface area contributed by atoms with Gasteiger partial charge in [0.2, 0.25) is 0 Å². The van der Waals surface area contributed by atoms with Crippen molar-refractivity contribution in [1.82, 2.24) is 5.32 Å². The van der Waals surface area contributed by atoms with Crippen molar-refractivity contribution in [3.8, 4) is 5.75 Å². The molecular weight excluding hydrogens is 266 g/mol. The number of hydrogen-bond acceptors (Lipinski definition) is 3. The molecular formula is C14H18ClNO3. The highest BCUT2D eigenvalue weighted by molar-refractivity contribution is 6.30. The molecule has 5 heteroatoms. The summed E-state index contributed by atoms with van der Waals surface area (Å²) in [6, 6.07) is 4.44. The van der Waals surface area contributed by atoms with Crippen LogP contribution in [0.5, 0.6) is 5.75 Å². The van der Waals surface area contributed by atoms with Crippen LogP contribution in [0.3, 0.4) is 0 Å². The number of benzene rings is 1. The first-order valence-electron chi connectivity index (χ1n) is 6.51. The molecule has 0 heterocycles. The topological polar surface area (TPSA) is 69.6 Å². The molecule has 0 spiro atoms. The highest BCUT2D eigenvalue weighted by atomic mass is 35.5. The summed E-state index contributed by atoms with van der Waals surface area (Å²) in [5, 5.41) is 22.3. The lowest BCUT2D eigenvalue weighted by molar-refractivity contribution is 0.0908. The lowest BCUT2D eigenvalue weighted by Crippen LogP contribution is -2.32. The molecule has 1 saturated carbocycles. The van der Waals surface area contributed by atoms with Crippen LogP contribution in [0.15, 0.2) is 18.2 Å². The first-order chi connectivity index (χ1) is 9.06. The number of rotatable bonds is 3. The van der Waals surface area contributed by atoms with Crippen LogP contribution < -0.4 is 5.32 Å². The Hall–Kier alpha value is -1.26. The van der Waals surface area contributed by atoms with Gasteiger partial charge in [0, 0.05) is 11.6 Å². The Morgan fingerprint density at radius 3 is 2.63 bits per heavy atom. The number of carbonyl (C=O) groups excluding carboxylic acids is 1. The van der Waals surface area contributed by atoms with Crippen LogP contribution in [0.25, 0.3) is 0 Å². The summed E-state index contributed by atoms with van der Waals surface area (Å²) >= 11 is 5.72. The standard InChI is InChI=1S/C14H18ClNO3/c15-10-3-6-12(13(18)7-10)14(19)16-8-9-1-4-11(17)5-2-9/h3,6-7,9,11,17-18H,1-2,4-5,8H2,(H,16,19). The number of aliphatic hydroxyl groups is 1.